The molecule has 1 aromatic heterocycles. The summed E-state index contributed by atoms with van der Waals surface area (Å²) >= 11 is 0. The van der Waals surface area contributed by atoms with Crippen LogP contribution < -0.4 is 32.5 Å². The Hall–Kier alpha value is -4.94. The van der Waals surface area contributed by atoms with Crippen molar-refractivity contribution in [2.45, 2.75) is 282 Å². The smallest absolute Gasteiger partial charge is 0.408 e. The summed E-state index contributed by atoms with van der Waals surface area (Å²) in [6.07, 6.45) is 7.41. The van der Waals surface area contributed by atoms with Crippen molar-refractivity contribution in [3.8, 4) is 0 Å². The molecular weight excluding hydrogens is 1070 g/mol. The number of carbonyl (C=O) groups is 4. The molecule has 1 aromatic carbocycles. The van der Waals surface area contributed by atoms with E-state index in [9.17, 15) is 28.8 Å². The van der Waals surface area contributed by atoms with Crippen molar-refractivity contribution in [3.63, 3.8) is 0 Å². The van der Waals surface area contributed by atoms with Gasteiger partial charge < -0.3 is 68.6 Å². The number of aromatic nitrogens is 2. The summed E-state index contributed by atoms with van der Waals surface area (Å²) in [5, 5.41) is 11.9. The van der Waals surface area contributed by atoms with Crippen molar-refractivity contribution >= 4 is 24.1 Å². The fraction of sp³-hybridized carbons (Fsp3) is 0.770. The molecule has 11 atom stereocenters. The molecule has 22 heteroatoms. The number of ether oxygens (including phenoxy) is 10. The molecule has 4 saturated heterocycles. The summed E-state index contributed by atoms with van der Waals surface area (Å²) in [4.78, 5) is 83.0. The van der Waals surface area contributed by atoms with E-state index in [0.717, 1.165) is 31.2 Å². The Morgan fingerprint density at radius 3 is 1.92 bits per heavy atom. The first kappa shape index (κ1) is 67.2. The van der Waals surface area contributed by atoms with Gasteiger partial charge in [0.15, 0.2) is 24.1 Å². The van der Waals surface area contributed by atoms with Crippen LogP contribution in [0.5, 0.6) is 0 Å². The number of fused-ring (bicyclic) bond motifs is 2. The molecule has 4 fully saturated rings. The zero-order valence-electron chi connectivity index (χ0n) is 51.2. The van der Waals surface area contributed by atoms with Crippen molar-refractivity contribution in [3.05, 3.63) is 69.0 Å². The largest absolute Gasteiger partial charge is 0.459 e. The zero-order valence-corrected chi connectivity index (χ0v) is 51.2. The Morgan fingerprint density at radius 1 is 0.687 bits per heavy atom. The molecule has 5 heterocycles. The zero-order chi connectivity index (χ0) is 60.4. The topological polar surface area (TPSA) is 264 Å². The van der Waals surface area contributed by atoms with Gasteiger partial charge >= 0.3 is 23.8 Å². The lowest BCUT2D eigenvalue weighted by molar-refractivity contribution is -0.276. The minimum atomic E-state index is -1.37. The highest BCUT2D eigenvalue weighted by Gasteiger charge is 2.63. The van der Waals surface area contributed by atoms with E-state index < -0.39 is 120 Å². The lowest BCUT2D eigenvalue weighted by Gasteiger charge is -2.37. The Labute approximate surface area is 490 Å². The Balaban J connectivity index is 1.20. The molecule has 0 aliphatic carbocycles. The van der Waals surface area contributed by atoms with E-state index in [1.165, 1.54) is 74.6 Å². The highest BCUT2D eigenvalue weighted by Crippen LogP contribution is 2.47. The van der Waals surface area contributed by atoms with Crippen LogP contribution in [0, 0.1) is 0 Å². The van der Waals surface area contributed by atoms with Gasteiger partial charge in [-0.2, -0.15) is 0 Å². The summed E-state index contributed by atoms with van der Waals surface area (Å²) in [7, 11) is 0. The van der Waals surface area contributed by atoms with Crippen molar-refractivity contribution < 1.29 is 66.5 Å². The molecule has 4 aliphatic rings. The maximum Gasteiger partial charge on any atom is 0.408 e. The van der Waals surface area contributed by atoms with Crippen LogP contribution in [-0.2, 0) is 63.6 Å². The number of benzene rings is 1. The Bertz CT molecular complexity index is 2460. The summed E-state index contributed by atoms with van der Waals surface area (Å²) in [5.74, 6) is -3.36. The van der Waals surface area contributed by atoms with Crippen molar-refractivity contribution in [2.75, 3.05) is 19.6 Å². The molecule has 83 heavy (non-hydrogen) atoms. The van der Waals surface area contributed by atoms with Crippen LogP contribution in [0.25, 0.3) is 0 Å². The molecule has 0 spiro atoms. The van der Waals surface area contributed by atoms with E-state index in [2.05, 4.69) is 33.2 Å². The van der Waals surface area contributed by atoms with Gasteiger partial charge in [-0.25, -0.2) is 14.4 Å². The van der Waals surface area contributed by atoms with Crippen molar-refractivity contribution in [1.29, 1.82) is 0 Å². The number of amides is 3. The van der Waals surface area contributed by atoms with E-state index in [4.69, 9.17) is 47.4 Å². The summed E-state index contributed by atoms with van der Waals surface area (Å²) in [5.41, 5.74) is -2.34. The molecule has 0 saturated carbocycles. The minimum absolute atomic E-state index is 0.0461. The third-order valence-electron chi connectivity index (χ3n) is 15.1. The number of nitrogens with one attached hydrogen (secondary N) is 5. The lowest BCUT2D eigenvalue weighted by Crippen LogP contribution is -2.58. The molecule has 5 N–H and O–H groups in total. The van der Waals surface area contributed by atoms with E-state index in [-0.39, 0.29) is 38.6 Å². The maximum absolute atomic E-state index is 14.9. The molecule has 0 unspecified atom stereocenters. The quantitative estimate of drug-likeness (QED) is 0.0255. The number of aromatic amines is 1. The molecule has 6 rings (SSSR count). The predicted molar refractivity (Wildman–Crippen MR) is 309 cm³/mol. The monoisotopic (exact) mass is 1170 g/mol. The molecule has 0 radical (unpaired) electrons. The minimum Gasteiger partial charge on any atom is -0.459 e. The molecule has 468 valence electrons. The highest BCUT2D eigenvalue weighted by molar-refractivity contribution is 5.85. The molecule has 2 aromatic rings. The third kappa shape index (κ3) is 20.6. The van der Waals surface area contributed by atoms with Gasteiger partial charge in [0.25, 0.3) is 5.56 Å². The first-order valence-corrected chi connectivity index (χ1v) is 30.6. The molecule has 22 nitrogen and oxygen atoms in total. The highest BCUT2D eigenvalue weighted by atomic mass is 16.8. The van der Waals surface area contributed by atoms with E-state index >= 15 is 0 Å². The van der Waals surface area contributed by atoms with Crippen LogP contribution in [0.15, 0.2) is 52.2 Å². The fourth-order valence-electron chi connectivity index (χ4n) is 11.0. The second-order valence-corrected chi connectivity index (χ2v) is 24.8. The standard InChI is InChI=1S/C61H98N6O16/c1-12-15-16-17-18-19-20-21-22-23-24-25-29-33-41(65-57(73)74-39-40-31-27-26-28-32-40)51(69)63-36-30-35-62-44(53(70)82-58(4,5)6)46(47-48-49(79-60(10,11)78-48)52(76-47)67-37-34-43(68)66-55(67)71)77-54-50-45(80-61(13-2,14-3)81-50)42(75-54)38-64-56(72)83-59(7,8)9/h26-28,31-32,34,37,41-42,44-50,52,54,62H,12-25,29-30,33,35-36,38-39H2,1-11H3,(H,63,69)(H,64,72)(H,65,73)(H,66,68,71)/t41-,42+,44-,45+,46-,47+,48+,49+,50+,52+,54-/m0/s1. The van der Waals surface area contributed by atoms with Gasteiger partial charge in [0.1, 0.15) is 72.6 Å². The number of hydrogen-bond acceptors (Lipinski definition) is 17. The van der Waals surface area contributed by atoms with Gasteiger partial charge in [-0.1, -0.05) is 135 Å². The first-order chi connectivity index (χ1) is 39.4. The number of H-pyrrole nitrogens is 1. The molecular formula is C61H98N6O16. The predicted octanol–water partition coefficient (Wildman–Crippen LogP) is 8.47. The maximum atomic E-state index is 14.9. The summed E-state index contributed by atoms with van der Waals surface area (Å²) < 4.78 is 65.1. The van der Waals surface area contributed by atoms with Crippen molar-refractivity contribution in [2.24, 2.45) is 0 Å². The van der Waals surface area contributed by atoms with Gasteiger partial charge in [-0.05, 0) is 93.2 Å². The number of nitrogens with zero attached hydrogens (tertiary/aromatic N) is 1. The molecule has 0 bridgehead atoms. The number of unbranched alkanes of at least 4 members (excludes halogenated alkanes) is 12. The molecule has 3 amide bonds. The second kappa shape index (κ2) is 31.4. The summed E-state index contributed by atoms with van der Waals surface area (Å²) in [6.45, 7) is 20.2. The van der Waals surface area contributed by atoms with Crippen LogP contribution in [0.3, 0.4) is 0 Å². The molecule has 4 aliphatic heterocycles. The van der Waals surface area contributed by atoms with Crippen LogP contribution in [-0.4, -0.2) is 137 Å². The fourth-order valence-corrected chi connectivity index (χ4v) is 11.0. The van der Waals surface area contributed by atoms with Gasteiger partial charge in [0.05, 0.1) is 0 Å². The number of alkyl carbamates (subject to hydrolysis) is 2. The average molecular weight is 1170 g/mol. The van der Waals surface area contributed by atoms with Crippen LogP contribution in [0.4, 0.5) is 9.59 Å². The third-order valence-corrected chi connectivity index (χ3v) is 15.1. The number of rotatable bonds is 33. The van der Waals surface area contributed by atoms with Gasteiger partial charge in [0, 0.05) is 25.4 Å². The average Bonchev–Trinajstić information content (AvgIpc) is 3.31. The van der Waals surface area contributed by atoms with Crippen LogP contribution in [0.2, 0.25) is 0 Å². The Morgan fingerprint density at radius 2 is 1.30 bits per heavy atom. The van der Waals surface area contributed by atoms with Gasteiger partial charge in [0.2, 0.25) is 5.91 Å². The normalized spacial score (nSPS) is 24.5. The van der Waals surface area contributed by atoms with Crippen LogP contribution in [0.1, 0.15) is 197 Å². The number of esters is 1. The van der Waals surface area contributed by atoms with E-state index in [0.29, 0.717) is 19.3 Å². The van der Waals surface area contributed by atoms with Crippen LogP contribution >= 0.6 is 0 Å². The van der Waals surface area contributed by atoms with Crippen molar-refractivity contribution in [1.82, 2.24) is 30.8 Å². The Kier molecular flexibility index (Phi) is 25.5. The van der Waals surface area contributed by atoms with E-state index in [1.54, 1.807) is 55.4 Å². The number of carbonyl (C=O) groups excluding carboxylic acids is 4. The van der Waals surface area contributed by atoms with Gasteiger partial charge in [-0.3, -0.25) is 23.9 Å². The summed E-state index contributed by atoms with van der Waals surface area (Å²) in [6, 6.07) is 8.27. The van der Waals surface area contributed by atoms with Gasteiger partial charge in [-0.15, -0.1) is 0 Å². The number of hydrogen-bond donors (Lipinski definition) is 5. The second-order valence-electron chi connectivity index (χ2n) is 24.8. The lowest BCUT2D eigenvalue weighted by atomic mass is 9.98. The first-order valence-electron chi connectivity index (χ1n) is 30.6. The van der Waals surface area contributed by atoms with E-state index in [1.807, 2.05) is 44.2 Å². The SMILES string of the molecule is CCCCCCCCCCCCCCC[C@H](NC(=O)OCc1ccccc1)C(=O)NCCCN[C@H](C(=O)OC(C)(C)C)[C@H](O[C@@H]1O[C@H](CNC(=O)OC(C)(C)C)[C@H]2OC(CC)(CC)O[C@@H]12)[C@H]1O[C@@H](n2ccc(=O)[nH]c2=O)[C@@H]2OC(C)(C)O[C@H]12.